The van der Waals surface area contributed by atoms with Crippen molar-refractivity contribution in [1.29, 1.82) is 0 Å². The number of ether oxygens (including phenoxy) is 4. The van der Waals surface area contributed by atoms with Gasteiger partial charge in [-0.1, -0.05) is 0 Å². The maximum absolute atomic E-state index is 12.5. The first-order valence-electron chi connectivity index (χ1n) is 11.4. The fourth-order valence-corrected chi connectivity index (χ4v) is 3.07. The van der Waals surface area contributed by atoms with Gasteiger partial charge in [0, 0.05) is 5.69 Å². The Morgan fingerprint density at radius 1 is 0.811 bits per heavy atom. The number of hydrogen-bond acceptors (Lipinski definition) is 8. The quantitative estimate of drug-likeness (QED) is 0.141. The van der Waals surface area contributed by atoms with Gasteiger partial charge in [0.05, 0.1) is 32.1 Å². The van der Waals surface area contributed by atoms with E-state index in [0.29, 0.717) is 41.5 Å². The van der Waals surface area contributed by atoms with Crippen molar-refractivity contribution in [1.82, 2.24) is 5.43 Å². The first-order valence-corrected chi connectivity index (χ1v) is 11.4. The van der Waals surface area contributed by atoms with Crippen molar-refractivity contribution in [3.8, 4) is 23.0 Å². The minimum Gasteiger partial charge on any atom is -0.494 e. The number of hydrazone groups is 1. The summed E-state index contributed by atoms with van der Waals surface area (Å²) in [5, 5.41) is 6.27. The number of benzene rings is 3. The molecule has 0 spiro atoms. The van der Waals surface area contributed by atoms with Gasteiger partial charge in [0.2, 0.25) is 0 Å². The number of rotatable bonds is 10. The third-order valence-corrected chi connectivity index (χ3v) is 4.80. The van der Waals surface area contributed by atoms with Crippen LogP contribution < -0.4 is 29.7 Å². The summed E-state index contributed by atoms with van der Waals surface area (Å²) in [6.45, 7) is 4.79. The van der Waals surface area contributed by atoms with E-state index in [4.69, 9.17) is 18.9 Å². The molecule has 0 fully saturated rings. The van der Waals surface area contributed by atoms with Gasteiger partial charge in [0.1, 0.15) is 11.5 Å². The van der Waals surface area contributed by atoms with Gasteiger partial charge < -0.3 is 24.3 Å². The molecule has 0 heterocycles. The van der Waals surface area contributed by atoms with E-state index in [-0.39, 0.29) is 11.5 Å². The van der Waals surface area contributed by atoms with Crippen LogP contribution in [-0.4, -0.2) is 44.3 Å². The molecule has 3 aromatic rings. The van der Waals surface area contributed by atoms with Gasteiger partial charge in [-0.15, -0.1) is 0 Å². The molecule has 0 aliphatic rings. The van der Waals surface area contributed by atoms with E-state index < -0.39 is 17.8 Å². The second-order valence-electron chi connectivity index (χ2n) is 7.37. The monoisotopic (exact) mass is 505 g/mol. The van der Waals surface area contributed by atoms with Crippen LogP contribution in [0.3, 0.4) is 0 Å². The maximum Gasteiger partial charge on any atom is 0.343 e. The average molecular weight is 506 g/mol. The SMILES string of the molecule is CCOc1ccc(NC(=O)C(=O)N/N=C/c2ccc(OC(=O)c3ccc(OCC)cc3)c(OC)c2)cc1. The number of nitrogens with zero attached hydrogens (tertiary/aromatic N) is 1. The van der Waals surface area contributed by atoms with Crippen LogP contribution in [-0.2, 0) is 9.59 Å². The van der Waals surface area contributed by atoms with Crippen molar-refractivity contribution in [2.24, 2.45) is 5.10 Å². The molecule has 0 bridgehead atoms. The summed E-state index contributed by atoms with van der Waals surface area (Å²) in [7, 11) is 1.43. The van der Waals surface area contributed by atoms with Crippen molar-refractivity contribution in [3.05, 3.63) is 77.9 Å². The molecule has 0 atom stereocenters. The van der Waals surface area contributed by atoms with Gasteiger partial charge in [0.15, 0.2) is 11.5 Å². The molecule has 192 valence electrons. The van der Waals surface area contributed by atoms with Crippen LogP contribution in [0.1, 0.15) is 29.8 Å². The molecule has 3 rings (SSSR count). The fraction of sp³-hybridized carbons (Fsp3) is 0.185. The van der Waals surface area contributed by atoms with Gasteiger partial charge in [-0.25, -0.2) is 10.2 Å². The number of esters is 1. The zero-order valence-corrected chi connectivity index (χ0v) is 20.6. The number of nitrogens with one attached hydrogen (secondary N) is 2. The Hall–Kier alpha value is -4.86. The van der Waals surface area contributed by atoms with Gasteiger partial charge >= 0.3 is 17.8 Å². The largest absolute Gasteiger partial charge is 0.494 e. The van der Waals surface area contributed by atoms with E-state index >= 15 is 0 Å². The molecule has 10 heteroatoms. The van der Waals surface area contributed by atoms with E-state index in [9.17, 15) is 14.4 Å². The molecule has 2 amide bonds. The minimum atomic E-state index is -0.946. The third kappa shape index (κ3) is 7.82. The lowest BCUT2D eigenvalue weighted by Gasteiger charge is -2.10. The molecule has 0 saturated carbocycles. The van der Waals surface area contributed by atoms with Crippen LogP contribution in [0, 0.1) is 0 Å². The fourth-order valence-electron chi connectivity index (χ4n) is 3.07. The summed E-state index contributed by atoms with van der Waals surface area (Å²) < 4.78 is 21.5. The van der Waals surface area contributed by atoms with Crippen molar-refractivity contribution >= 4 is 29.7 Å². The third-order valence-electron chi connectivity index (χ3n) is 4.80. The lowest BCUT2D eigenvalue weighted by Crippen LogP contribution is -2.32. The first-order chi connectivity index (χ1) is 17.9. The topological polar surface area (TPSA) is 125 Å². The van der Waals surface area contributed by atoms with Crippen molar-refractivity contribution < 1.29 is 33.3 Å². The highest BCUT2D eigenvalue weighted by Crippen LogP contribution is 2.28. The van der Waals surface area contributed by atoms with E-state index in [1.165, 1.54) is 19.4 Å². The Morgan fingerprint density at radius 2 is 1.43 bits per heavy atom. The van der Waals surface area contributed by atoms with Crippen molar-refractivity contribution in [2.75, 3.05) is 25.6 Å². The van der Waals surface area contributed by atoms with E-state index in [2.05, 4.69) is 15.8 Å². The normalized spacial score (nSPS) is 10.5. The van der Waals surface area contributed by atoms with Gasteiger partial charge in [-0.05, 0) is 86.1 Å². The van der Waals surface area contributed by atoms with Gasteiger partial charge in [0.25, 0.3) is 0 Å². The zero-order valence-electron chi connectivity index (χ0n) is 20.6. The second-order valence-corrected chi connectivity index (χ2v) is 7.37. The molecular formula is C27H27N3O7. The molecule has 3 aromatic carbocycles. The average Bonchev–Trinajstić information content (AvgIpc) is 2.91. The summed E-state index contributed by atoms with van der Waals surface area (Å²) in [5.41, 5.74) is 3.48. The Balaban J connectivity index is 1.56. The highest BCUT2D eigenvalue weighted by Gasteiger charge is 2.14. The zero-order chi connectivity index (χ0) is 26.6. The molecule has 0 aliphatic heterocycles. The van der Waals surface area contributed by atoms with E-state index in [1.54, 1.807) is 60.7 Å². The van der Waals surface area contributed by atoms with E-state index in [0.717, 1.165) is 0 Å². The van der Waals surface area contributed by atoms with Crippen molar-refractivity contribution in [2.45, 2.75) is 13.8 Å². The summed E-state index contributed by atoms with van der Waals surface area (Å²) in [4.78, 5) is 36.6. The molecule has 0 unspecified atom stereocenters. The predicted octanol–water partition coefficient (Wildman–Crippen LogP) is 3.80. The smallest absolute Gasteiger partial charge is 0.343 e. The predicted molar refractivity (Wildman–Crippen MR) is 138 cm³/mol. The number of carbonyl (C=O) groups excluding carboxylic acids is 3. The Kier molecular flexibility index (Phi) is 9.60. The molecule has 0 saturated heterocycles. The number of carbonyl (C=O) groups is 3. The van der Waals surface area contributed by atoms with Crippen molar-refractivity contribution in [3.63, 3.8) is 0 Å². The molecule has 0 aromatic heterocycles. The first kappa shape index (κ1) is 26.7. The van der Waals surface area contributed by atoms with Crippen LogP contribution in [0.2, 0.25) is 0 Å². The summed E-state index contributed by atoms with van der Waals surface area (Å²) in [6, 6.07) is 17.9. The summed E-state index contributed by atoms with van der Waals surface area (Å²) in [5.74, 6) is -0.593. The minimum absolute atomic E-state index is 0.206. The van der Waals surface area contributed by atoms with Crippen LogP contribution in [0.25, 0.3) is 0 Å². The molecule has 0 aliphatic carbocycles. The lowest BCUT2D eigenvalue weighted by atomic mass is 10.2. The highest BCUT2D eigenvalue weighted by atomic mass is 16.6. The molecule has 0 radical (unpaired) electrons. The lowest BCUT2D eigenvalue weighted by molar-refractivity contribution is -0.136. The van der Waals surface area contributed by atoms with Gasteiger partial charge in [-0.3, -0.25) is 9.59 Å². The Labute approximate surface area is 214 Å². The standard InChI is InChI=1S/C27H27N3O7/c1-4-35-21-11-7-19(8-12-21)27(33)37-23-15-6-18(16-24(23)34-3)17-28-30-26(32)25(31)29-20-9-13-22(14-10-20)36-5-2/h6-17H,4-5H2,1-3H3,(H,29,31)(H,30,32)/b28-17+. The Morgan fingerprint density at radius 3 is 2.03 bits per heavy atom. The number of methoxy groups -OCH3 is 1. The number of hydrogen-bond donors (Lipinski definition) is 2. The molecule has 37 heavy (non-hydrogen) atoms. The van der Waals surface area contributed by atoms with E-state index in [1.807, 2.05) is 13.8 Å². The summed E-state index contributed by atoms with van der Waals surface area (Å²) >= 11 is 0. The van der Waals surface area contributed by atoms with Gasteiger partial charge in [-0.2, -0.15) is 5.10 Å². The van der Waals surface area contributed by atoms with Crippen LogP contribution in [0.4, 0.5) is 5.69 Å². The maximum atomic E-state index is 12.5. The number of anilines is 1. The number of amides is 2. The summed E-state index contributed by atoms with van der Waals surface area (Å²) in [6.07, 6.45) is 1.32. The highest BCUT2D eigenvalue weighted by molar-refractivity contribution is 6.39. The van der Waals surface area contributed by atoms with Crippen LogP contribution in [0.15, 0.2) is 71.8 Å². The molecule has 10 nitrogen and oxygen atoms in total. The molecular weight excluding hydrogens is 478 g/mol. The molecule has 2 N–H and O–H groups in total. The van der Waals surface area contributed by atoms with Crippen LogP contribution in [0.5, 0.6) is 23.0 Å². The second kappa shape index (κ2) is 13.3. The Bertz CT molecular complexity index is 1260. The van der Waals surface area contributed by atoms with Crippen LogP contribution >= 0.6 is 0 Å².